The van der Waals surface area contributed by atoms with Crippen molar-refractivity contribution in [2.24, 2.45) is 0 Å². The topological polar surface area (TPSA) is 105 Å². The van der Waals surface area contributed by atoms with Crippen LogP contribution in [0.1, 0.15) is 20.8 Å². The molecule has 0 saturated heterocycles. The Morgan fingerprint density at radius 2 is 1.94 bits per heavy atom. The molecule has 0 radical (unpaired) electrons. The summed E-state index contributed by atoms with van der Waals surface area (Å²) in [6, 6.07) is 1.31. The lowest BCUT2D eigenvalue weighted by atomic mass is 10.2. The fraction of sp³-hybridized carbons (Fsp3) is 0. The van der Waals surface area contributed by atoms with E-state index in [0.717, 1.165) is 0 Å². The number of anilines is 1. The molecule has 2 aromatic rings. The predicted octanol–water partition coefficient (Wildman–Crippen LogP) is 0.822. The van der Waals surface area contributed by atoms with Gasteiger partial charge in [-0.3, -0.25) is 14.8 Å². The van der Waals surface area contributed by atoms with E-state index in [1.807, 2.05) is 0 Å². The van der Waals surface area contributed by atoms with Gasteiger partial charge in [-0.05, 0) is 6.07 Å². The molecule has 0 atom stereocenters. The van der Waals surface area contributed by atoms with E-state index in [9.17, 15) is 9.59 Å². The zero-order valence-corrected chi connectivity index (χ0v) is 9.07. The molecule has 0 aliphatic rings. The Morgan fingerprint density at radius 1 is 1.11 bits per heavy atom. The molecule has 0 bridgehead atoms. The Balaban J connectivity index is 2.17. The molecule has 0 aromatic carbocycles. The lowest BCUT2D eigenvalue weighted by molar-refractivity contribution is 0.0696. The number of carbonyl (C=O) groups is 2. The third-order valence-corrected chi connectivity index (χ3v) is 2.04. The van der Waals surface area contributed by atoms with Crippen molar-refractivity contribution < 1.29 is 14.7 Å². The highest BCUT2D eigenvalue weighted by molar-refractivity contribution is 6.03. The average molecular weight is 244 g/mol. The second-order valence-electron chi connectivity index (χ2n) is 3.31. The Hall–Kier alpha value is -2.83. The van der Waals surface area contributed by atoms with E-state index in [2.05, 4.69) is 20.3 Å². The van der Waals surface area contributed by atoms with Gasteiger partial charge < -0.3 is 10.4 Å². The highest BCUT2D eigenvalue weighted by atomic mass is 16.4. The molecule has 0 aliphatic heterocycles. The first-order valence-corrected chi connectivity index (χ1v) is 4.92. The molecule has 7 heteroatoms. The van der Waals surface area contributed by atoms with Gasteiger partial charge in [0.05, 0.1) is 23.6 Å². The maximum Gasteiger partial charge on any atom is 0.337 e. The smallest absolute Gasteiger partial charge is 0.337 e. The number of carboxylic acid groups (broad SMARTS) is 1. The first-order valence-electron chi connectivity index (χ1n) is 4.92. The SMILES string of the molecule is O=C(O)c1cncc(NC(=O)c2cnccn2)c1. The minimum Gasteiger partial charge on any atom is -0.478 e. The number of rotatable bonds is 3. The van der Waals surface area contributed by atoms with Crippen LogP contribution in [0.4, 0.5) is 5.69 Å². The lowest BCUT2D eigenvalue weighted by Gasteiger charge is -2.04. The molecule has 2 rings (SSSR count). The second-order valence-corrected chi connectivity index (χ2v) is 3.31. The predicted molar refractivity (Wildman–Crippen MR) is 61.2 cm³/mol. The molecule has 18 heavy (non-hydrogen) atoms. The van der Waals surface area contributed by atoms with Gasteiger partial charge in [-0.2, -0.15) is 0 Å². The van der Waals surface area contributed by atoms with Crippen LogP contribution in [-0.4, -0.2) is 31.9 Å². The summed E-state index contributed by atoms with van der Waals surface area (Å²) in [5.41, 5.74) is 0.413. The third kappa shape index (κ3) is 2.64. The highest BCUT2D eigenvalue weighted by Gasteiger charge is 2.09. The standard InChI is InChI=1S/C11H8N4O3/c16-10(9-6-12-1-2-14-9)15-8-3-7(11(17)18)4-13-5-8/h1-6H,(H,15,16)(H,17,18). The van der Waals surface area contributed by atoms with Crippen LogP contribution in [0, 0.1) is 0 Å². The molecule has 2 N–H and O–H groups in total. The van der Waals surface area contributed by atoms with E-state index in [4.69, 9.17) is 5.11 Å². The molecule has 0 unspecified atom stereocenters. The first-order chi connectivity index (χ1) is 8.66. The largest absolute Gasteiger partial charge is 0.478 e. The summed E-state index contributed by atoms with van der Waals surface area (Å²) in [5, 5.41) is 11.3. The summed E-state index contributed by atoms with van der Waals surface area (Å²) >= 11 is 0. The van der Waals surface area contributed by atoms with E-state index >= 15 is 0 Å². The third-order valence-electron chi connectivity index (χ3n) is 2.04. The zero-order valence-electron chi connectivity index (χ0n) is 9.07. The lowest BCUT2D eigenvalue weighted by Crippen LogP contribution is -2.14. The number of aromatic carboxylic acids is 1. The van der Waals surface area contributed by atoms with Crippen molar-refractivity contribution in [1.82, 2.24) is 15.0 Å². The zero-order chi connectivity index (χ0) is 13.0. The van der Waals surface area contributed by atoms with Crippen molar-refractivity contribution in [3.05, 3.63) is 48.3 Å². The number of pyridine rings is 1. The number of hydrogen-bond acceptors (Lipinski definition) is 5. The molecule has 7 nitrogen and oxygen atoms in total. The molecular weight excluding hydrogens is 236 g/mol. The number of nitrogens with zero attached hydrogens (tertiary/aromatic N) is 3. The van der Waals surface area contributed by atoms with Crippen LogP contribution in [-0.2, 0) is 0 Å². The van der Waals surface area contributed by atoms with Crippen LogP contribution in [0.3, 0.4) is 0 Å². The molecule has 0 fully saturated rings. The van der Waals surface area contributed by atoms with E-state index < -0.39 is 11.9 Å². The van der Waals surface area contributed by atoms with Gasteiger partial charge >= 0.3 is 5.97 Å². The van der Waals surface area contributed by atoms with Crippen molar-refractivity contribution in [3.8, 4) is 0 Å². The quantitative estimate of drug-likeness (QED) is 0.828. The monoisotopic (exact) mass is 244 g/mol. The maximum atomic E-state index is 11.7. The second kappa shape index (κ2) is 5.00. The van der Waals surface area contributed by atoms with Crippen LogP contribution in [0.25, 0.3) is 0 Å². The van der Waals surface area contributed by atoms with Crippen LogP contribution in [0.15, 0.2) is 37.1 Å². The molecule has 1 amide bonds. The minimum atomic E-state index is -1.11. The number of carboxylic acids is 1. The van der Waals surface area contributed by atoms with Crippen molar-refractivity contribution in [1.29, 1.82) is 0 Å². The molecule has 90 valence electrons. The maximum absolute atomic E-state index is 11.7. The molecule has 2 aromatic heterocycles. The van der Waals surface area contributed by atoms with E-state index in [1.165, 1.54) is 37.1 Å². The Labute approximate surface area is 102 Å². The fourth-order valence-corrected chi connectivity index (χ4v) is 1.24. The molecule has 0 saturated carbocycles. The number of aromatic nitrogens is 3. The molecule has 2 heterocycles. The summed E-state index contributed by atoms with van der Waals surface area (Å²) in [4.78, 5) is 33.7. The van der Waals surface area contributed by atoms with Crippen LogP contribution < -0.4 is 5.32 Å². The number of nitrogens with one attached hydrogen (secondary N) is 1. The highest BCUT2D eigenvalue weighted by Crippen LogP contribution is 2.09. The number of amides is 1. The van der Waals surface area contributed by atoms with Crippen LogP contribution in [0.5, 0.6) is 0 Å². The molecule has 0 spiro atoms. The first kappa shape index (κ1) is 11.6. The Bertz CT molecular complexity index is 586. The van der Waals surface area contributed by atoms with Gasteiger partial charge in [0.2, 0.25) is 0 Å². The van der Waals surface area contributed by atoms with Crippen molar-refractivity contribution in [2.45, 2.75) is 0 Å². The van der Waals surface area contributed by atoms with Crippen molar-refractivity contribution >= 4 is 17.6 Å². The van der Waals surface area contributed by atoms with Gasteiger partial charge in [0, 0.05) is 18.6 Å². The van der Waals surface area contributed by atoms with Gasteiger partial charge in [-0.1, -0.05) is 0 Å². The fourth-order valence-electron chi connectivity index (χ4n) is 1.24. The summed E-state index contributed by atoms with van der Waals surface area (Å²) in [7, 11) is 0. The summed E-state index contributed by atoms with van der Waals surface area (Å²) < 4.78 is 0. The van der Waals surface area contributed by atoms with Crippen LogP contribution in [0.2, 0.25) is 0 Å². The van der Waals surface area contributed by atoms with Crippen LogP contribution >= 0.6 is 0 Å². The number of carbonyl (C=O) groups excluding carboxylic acids is 1. The Morgan fingerprint density at radius 3 is 2.61 bits per heavy atom. The minimum absolute atomic E-state index is 0.00746. The summed E-state index contributed by atoms with van der Waals surface area (Å²) in [6.07, 6.45) is 6.69. The normalized spacial score (nSPS) is 9.78. The van der Waals surface area contributed by atoms with Crippen molar-refractivity contribution in [2.75, 3.05) is 5.32 Å². The number of hydrogen-bond donors (Lipinski definition) is 2. The summed E-state index contributed by atoms with van der Waals surface area (Å²) in [6.45, 7) is 0. The summed E-state index contributed by atoms with van der Waals surface area (Å²) in [5.74, 6) is -1.59. The van der Waals surface area contributed by atoms with Gasteiger partial charge in [-0.25, -0.2) is 9.78 Å². The van der Waals surface area contributed by atoms with Gasteiger partial charge in [0.25, 0.3) is 5.91 Å². The van der Waals surface area contributed by atoms with Gasteiger partial charge in [0.1, 0.15) is 5.69 Å². The Kier molecular flexibility index (Phi) is 3.24. The molecular formula is C11H8N4O3. The molecule has 0 aliphatic carbocycles. The van der Waals surface area contributed by atoms with Gasteiger partial charge in [-0.15, -0.1) is 0 Å². The van der Waals surface area contributed by atoms with Gasteiger partial charge in [0.15, 0.2) is 0 Å². The van der Waals surface area contributed by atoms with Crippen molar-refractivity contribution in [3.63, 3.8) is 0 Å². The van der Waals surface area contributed by atoms with E-state index in [-0.39, 0.29) is 16.9 Å². The van der Waals surface area contributed by atoms with E-state index in [0.29, 0.717) is 0 Å². The van der Waals surface area contributed by atoms with E-state index in [1.54, 1.807) is 0 Å². The average Bonchev–Trinajstić information content (AvgIpc) is 2.40.